The molecule has 0 spiro atoms. The molecule has 0 aliphatic carbocycles. The summed E-state index contributed by atoms with van der Waals surface area (Å²) in [5.41, 5.74) is 7.01. The third-order valence-electron chi connectivity index (χ3n) is 4.99. The van der Waals surface area contributed by atoms with Crippen LogP contribution < -0.4 is 15.5 Å². The number of aromatic nitrogens is 2. The highest BCUT2D eigenvalue weighted by Gasteiger charge is 2.14. The lowest BCUT2D eigenvalue weighted by Crippen LogP contribution is -2.32. The summed E-state index contributed by atoms with van der Waals surface area (Å²) < 4.78 is 6.86. The third-order valence-corrected chi connectivity index (χ3v) is 4.99. The molecule has 0 saturated carbocycles. The molecule has 0 unspecified atom stereocenters. The predicted molar refractivity (Wildman–Crippen MR) is 131 cm³/mol. The number of ether oxygens (including phenoxy) is 1. The van der Waals surface area contributed by atoms with Crippen molar-refractivity contribution >= 4 is 23.7 Å². The van der Waals surface area contributed by atoms with Crippen molar-refractivity contribution in [3.8, 4) is 22.7 Å². The van der Waals surface area contributed by atoms with Crippen LogP contribution in [0.3, 0.4) is 0 Å². The SMILES string of the molecule is COc1cccc(NC(=O)C(=O)N/N=C\c2cn(-c3ccccc3)nc2-c2ccc(C)cc2)c1. The van der Waals surface area contributed by atoms with Crippen LogP contribution in [0, 0.1) is 6.92 Å². The molecule has 1 aromatic heterocycles. The summed E-state index contributed by atoms with van der Waals surface area (Å²) in [5.74, 6) is -1.18. The zero-order valence-electron chi connectivity index (χ0n) is 18.7. The molecular weight excluding hydrogens is 430 g/mol. The van der Waals surface area contributed by atoms with Gasteiger partial charge >= 0.3 is 11.8 Å². The van der Waals surface area contributed by atoms with E-state index in [0.717, 1.165) is 16.8 Å². The molecule has 4 rings (SSSR count). The van der Waals surface area contributed by atoms with E-state index in [0.29, 0.717) is 22.7 Å². The molecule has 4 aromatic rings. The first kappa shape index (κ1) is 22.5. The first-order valence-corrected chi connectivity index (χ1v) is 10.5. The van der Waals surface area contributed by atoms with E-state index in [2.05, 4.69) is 15.8 Å². The van der Waals surface area contributed by atoms with Crippen molar-refractivity contribution in [2.45, 2.75) is 6.92 Å². The Morgan fingerprint density at radius 3 is 2.47 bits per heavy atom. The fourth-order valence-corrected chi connectivity index (χ4v) is 3.23. The fraction of sp³-hybridized carbons (Fsp3) is 0.0769. The van der Waals surface area contributed by atoms with E-state index >= 15 is 0 Å². The average Bonchev–Trinajstić information content (AvgIpc) is 3.29. The maximum absolute atomic E-state index is 12.2. The predicted octanol–water partition coefficient (Wildman–Crippen LogP) is 3.95. The summed E-state index contributed by atoms with van der Waals surface area (Å²) in [7, 11) is 1.52. The van der Waals surface area contributed by atoms with Crippen LogP contribution in [0.4, 0.5) is 5.69 Å². The van der Waals surface area contributed by atoms with E-state index in [1.165, 1.54) is 13.3 Å². The number of hydrogen-bond donors (Lipinski definition) is 2. The van der Waals surface area contributed by atoms with Gasteiger partial charge in [0.2, 0.25) is 0 Å². The normalized spacial score (nSPS) is 10.8. The average molecular weight is 454 g/mol. The van der Waals surface area contributed by atoms with Crippen molar-refractivity contribution < 1.29 is 14.3 Å². The summed E-state index contributed by atoms with van der Waals surface area (Å²) in [6.07, 6.45) is 3.29. The second kappa shape index (κ2) is 10.3. The van der Waals surface area contributed by atoms with Gasteiger partial charge in [-0.3, -0.25) is 9.59 Å². The molecule has 0 fully saturated rings. The van der Waals surface area contributed by atoms with Crippen LogP contribution in [0.1, 0.15) is 11.1 Å². The van der Waals surface area contributed by atoms with Crippen LogP contribution in [-0.4, -0.2) is 34.9 Å². The zero-order valence-corrected chi connectivity index (χ0v) is 18.7. The molecular formula is C26H23N5O3. The number of methoxy groups -OCH3 is 1. The van der Waals surface area contributed by atoms with Crippen LogP contribution in [-0.2, 0) is 9.59 Å². The number of benzene rings is 3. The van der Waals surface area contributed by atoms with Crippen molar-refractivity contribution in [3.05, 3.63) is 96.2 Å². The molecule has 3 aromatic carbocycles. The lowest BCUT2D eigenvalue weighted by molar-refractivity contribution is -0.136. The summed E-state index contributed by atoms with van der Waals surface area (Å²) in [6.45, 7) is 2.01. The minimum Gasteiger partial charge on any atom is -0.497 e. The van der Waals surface area contributed by atoms with Crippen LogP contribution in [0.5, 0.6) is 5.75 Å². The monoisotopic (exact) mass is 453 g/mol. The van der Waals surface area contributed by atoms with Gasteiger partial charge in [-0.25, -0.2) is 10.1 Å². The molecule has 0 bridgehead atoms. The highest BCUT2D eigenvalue weighted by Crippen LogP contribution is 2.23. The maximum Gasteiger partial charge on any atom is 0.329 e. The van der Waals surface area contributed by atoms with Crippen molar-refractivity contribution in [3.63, 3.8) is 0 Å². The van der Waals surface area contributed by atoms with Gasteiger partial charge in [0.25, 0.3) is 0 Å². The molecule has 8 nitrogen and oxygen atoms in total. The summed E-state index contributed by atoms with van der Waals surface area (Å²) in [4.78, 5) is 24.4. The van der Waals surface area contributed by atoms with Gasteiger partial charge < -0.3 is 10.1 Å². The number of rotatable bonds is 6. The summed E-state index contributed by atoms with van der Waals surface area (Å²) >= 11 is 0. The second-order valence-electron chi connectivity index (χ2n) is 7.46. The number of carbonyl (C=O) groups is 2. The maximum atomic E-state index is 12.2. The number of nitrogens with zero attached hydrogens (tertiary/aromatic N) is 3. The van der Waals surface area contributed by atoms with Gasteiger partial charge in [0.05, 0.1) is 19.0 Å². The lowest BCUT2D eigenvalue weighted by atomic mass is 10.1. The van der Waals surface area contributed by atoms with Crippen LogP contribution in [0.25, 0.3) is 16.9 Å². The highest BCUT2D eigenvalue weighted by molar-refractivity contribution is 6.39. The smallest absolute Gasteiger partial charge is 0.329 e. The quantitative estimate of drug-likeness (QED) is 0.262. The Hall–Kier alpha value is -4.72. The van der Waals surface area contributed by atoms with Gasteiger partial charge in [0.15, 0.2) is 0 Å². The van der Waals surface area contributed by atoms with Crippen molar-refractivity contribution in [1.29, 1.82) is 0 Å². The summed E-state index contributed by atoms with van der Waals surface area (Å²) in [6, 6.07) is 24.3. The van der Waals surface area contributed by atoms with E-state index in [-0.39, 0.29) is 0 Å². The first-order valence-electron chi connectivity index (χ1n) is 10.5. The molecule has 0 atom stereocenters. The van der Waals surface area contributed by atoms with E-state index in [1.807, 2.05) is 67.7 Å². The van der Waals surface area contributed by atoms with Gasteiger partial charge in [-0.05, 0) is 31.2 Å². The number of para-hydroxylation sites is 1. The van der Waals surface area contributed by atoms with Gasteiger partial charge in [0, 0.05) is 29.1 Å². The van der Waals surface area contributed by atoms with E-state index < -0.39 is 11.8 Å². The molecule has 2 N–H and O–H groups in total. The number of carbonyl (C=O) groups excluding carboxylic acids is 2. The van der Waals surface area contributed by atoms with Crippen molar-refractivity contribution in [2.75, 3.05) is 12.4 Å². The van der Waals surface area contributed by atoms with Crippen LogP contribution >= 0.6 is 0 Å². The largest absolute Gasteiger partial charge is 0.497 e. The number of hydrogen-bond acceptors (Lipinski definition) is 5. The molecule has 34 heavy (non-hydrogen) atoms. The molecule has 0 aliphatic rings. The Labute approximate surface area is 196 Å². The Morgan fingerprint density at radius 2 is 1.74 bits per heavy atom. The Balaban J connectivity index is 1.52. The Bertz CT molecular complexity index is 1330. The topological polar surface area (TPSA) is 97.6 Å². The Morgan fingerprint density at radius 1 is 0.971 bits per heavy atom. The number of amides is 2. The molecule has 2 amide bonds. The number of anilines is 1. The molecule has 0 radical (unpaired) electrons. The number of hydrazone groups is 1. The minimum absolute atomic E-state index is 0.439. The van der Waals surface area contributed by atoms with E-state index in [1.54, 1.807) is 28.9 Å². The third kappa shape index (κ3) is 5.36. The van der Waals surface area contributed by atoms with E-state index in [4.69, 9.17) is 9.84 Å². The summed E-state index contributed by atoms with van der Waals surface area (Å²) in [5, 5.41) is 11.2. The van der Waals surface area contributed by atoms with Gasteiger partial charge in [-0.2, -0.15) is 10.2 Å². The van der Waals surface area contributed by atoms with E-state index in [9.17, 15) is 9.59 Å². The fourth-order valence-electron chi connectivity index (χ4n) is 3.23. The van der Waals surface area contributed by atoms with Gasteiger partial charge in [-0.15, -0.1) is 0 Å². The van der Waals surface area contributed by atoms with Crippen molar-refractivity contribution in [2.24, 2.45) is 5.10 Å². The van der Waals surface area contributed by atoms with Gasteiger partial charge in [-0.1, -0.05) is 54.1 Å². The molecule has 0 saturated heterocycles. The van der Waals surface area contributed by atoms with Crippen LogP contribution in [0.2, 0.25) is 0 Å². The Kier molecular flexibility index (Phi) is 6.78. The second-order valence-corrected chi connectivity index (χ2v) is 7.46. The van der Waals surface area contributed by atoms with Gasteiger partial charge in [0.1, 0.15) is 11.4 Å². The zero-order chi connectivity index (χ0) is 23.9. The molecule has 0 aliphatic heterocycles. The first-order chi connectivity index (χ1) is 16.5. The lowest BCUT2D eigenvalue weighted by Gasteiger charge is -2.05. The highest BCUT2D eigenvalue weighted by atomic mass is 16.5. The number of nitrogens with one attached hydrogen (secondary N) is 2. The standard InChI is InChI=1S/C26H23N5O3/c1-18-11-13-19(14-12-18)24-20(17-31(30-24)22-8-4-3-5-9-22)16-27-29-26(33)25(32)28-21-7-6-10-23(15-21)34-2/h3-17H,1-2H3,(H,28,32)(H,29,33)/b27-16-. The molecule has 1 heterocycles. The van der Waals surface area contributed by atoms with Crippen molar-refractivity contribution in [1.82, 2.24) is 15.2 Å². The van der Waals surface area contributed by atoms with Crippen LogP contribution in [0.15, 0.2) is 90.2 Å². The molecule has 170 valence electrons. The number of aryl methyl sites for hydroxylation is 1. The molecule has 8 heteroatoms. The minimum atomic E-state index is -0.897.